The Kier molecular flexibility index (Phi) is 4.19. The SMILES string of the molecule is CCN(C(=O)Cn1ncc(=O)c2ccccc21)c1ccccc1. The number of amides is 1. The molecule has 3 rings (SSSR count). The summed E-state index contributed by atoms with van der Waals surface area (Å²) in [5.74, 6) is -0.0694. The summed E-state index contributed by atoms with van der Waals surface area (Å²) in [5.41, 5.74) is 1.38. The van der Waals surface area contributed by atoms with Crippen LogP contribution in [0.1, 0.15) is 6.92 Å². The summed E-state index contributed by atoms with van der Waals surface area (Å²) in [6, 6.07) is 16.7. The second-order valence-corrected chi connectivity index (χ2v) is 5.16. The maximum Gasteiger partial charge on any atom is 0.248 e. The summed E-state index contributed by atoms with van der Waals surface area (Å²) in [7, 11) is 0. The third-order valence-electron chi connectivity index (χ3n) is 3.73. The Hall–Kier alpha value is -2.95. The van der Waals surface area contributed by atoms with Gasteiger partial charge in [-0.1, -0.05) is 30.3 Å². The van der Waals surface area contributed by atoms with E-state index in [0.717, 1.165) is 5.69 Å². The molecule has 0 spiro atoms. The molecule has 116 valence electrons. The fourth-order valence-corrected chi connectivity index (χ4v) is 2.61. The van der Waals surface area contributed by atoms with Crippen LogP contribution in [0.15, 0.2) is 65.6 Å². The largest absolute Gasteiger partial charge is 0.311 e. The molecular formula is C18H17N3O2. The molecule has 0 unspecified atom stereocenters. The van der Waals surface area contributed by atoms with Gasteiger partial charge in [0.25, 0.3) is 0 Å². The van der Waals surface area contributed by atoms with E-state index in [1.165, 1.54) is 6.20 Å². The van der Waals surface area contributed by atoms with Gasteiger partial charge in [0, 0.05) is 17.6 Å². The highest BCUT2D eigenvalue weighted by Crippen LogP contribution is 2.14. The van der Waals surface area contributed by atoms with Crippen LogP contribution in [0.25, 0.3) is 10.9 Å². The summed E-state index contributed by atoms with van der Waals surface area (Å²) in [4.78, 5) is 26.2. The van der Waals surface area contributed by atoms with Crippen LogP contribution in [-0.2, 0) is 11.3 Å². The lowest BCUT2D eigenvalue weighted by Crippen LogP contribution is -2.34. The van der Waals surface area contributed by atoms with Gasteiger partial charge in [0.15, 0.2) is 0 Å². The maximum absolute atomic E-state index is 12.7. The van der Waals surface area contributed by atoms with E-state index in [9.17, 15) is 9.59 Å². The van der Waals surface area contributed by atoms with Gasteiger partial charge in [-0.05, 0) is 31.2 Å². The molecule has 5 heteroatoms. The first-order valence-electron chi connectivity index (χ1n) is 7.51. The first-order valence-corrected chi connectivity index (χ1v) is 7.51. The Morgan fingerprint density at radius 1 is 1.09 bits per heavy atom. The molecule has 0 saturated carbocycles. The van der Waals surface area contributed by atoms with Crippen molar-refractivity contribution in [2.45, 2.75) is 13.5 Å². The van der Waals surface area contributed by atoms with Crippen molar-refractivity contribution in [2.75, 3.05) is 11.4 Å². The van der Waals surface area contributed by atoms with Gasteiger partial charge in [-0.3, -0.25) is 14.3 Å². The molecule has 1 aromatic heterocycles. The van der Waals surface area contributed by atoms with Crippen LogP contribution in [0.2, 0.25) is 0 Å². The van der Waals surface area contributed by atoms with Crippen LogP contribution in [0.3, 0.4) is 0 Å². The van der Waals surface area contributed by atoms with Crippen LogP contribution >= 0.6 is 0 Å². The van der Waals surface area contributed by atoms with Gasteiger partial charge in [0.05, 0.1) is 11.7 Å². The molecule has 5 nitrogen and oxygen atoms in total. The van der Waals surface area contributed by atoms with E-state index in [1.807, 2.05) is 43.3 Å². The van der Waals surface area contributed by atoms with E-state index in [0.29, 0.717) is 17.4 Å². The van der Waals surface area contributed by atoms with Gasteiger partial charge in [-0.25, -0.2) is 0 Å². The average Bonchev–Trinajstić information content (AvgIpc) is 2.59. The number of rotatable bonds is 4. The number of hydrogen-bond acceptors (Lipinski definition) is 3. The molecule has 0 fully saturated rings. The smallest absolute Gasteiger partial charge is 0.248 e. The molecule has 0 atom stereocenters. The number of hydrogen-bond donors (Lipinski definition) is 0. The normalized spacial score (nSPS) is 10.7. The number of nitrogens with zero attached hydrogens (tertiary/aromatic N) is 3. The summed E-state index contributed by atoms with van der Waals surface area (Å²) < 4.78 is 1.57. The third-order valence-corrected chi connectivity index (χ3v) is 3.73. The Balaban J connectivity index is 1.94. The van der Waals surface area contributed by atoms with Crippen molar-refractivity contribution in [1.29, 1.82) is 0 Å². The first kappa shape index (κ1) is 15.0. The second kappa shape index (κ2) is 6.44. The highest BCUT2D eigenvalue weighted by molar-refractivity contribution is 5.93. The van der Waals surface area contributed by atoms with E-state index in [2.05, 4.69) is 5.10 Å². The lowest BCUT2D eigenvalue weighted by atomic mass is 10.2. The quantitative estimate of drug-likeness (QED) is 0.744. The number of likely N-dealkylation sites (N-methyl/N-ethyl adjacent to an activating group) is 1. The van der Waals surface area contributed by atoms with Crippen molar-refractivity contribution < 1.29 is 4.79 Å². The van der Waals surface area contributed by atoms with Crippen LogP contribution < -0.4 is 10.3 Å². The Labute approximate surface area is 133 Å². The predicted molar refractivity (Wildman–Crippen MR) is 90.5 cm³/mol. The van der Waals surface area contributed by atoms with Gasteiger partial charge >= 0.3 is 0 Å². The zero-order valence-electron chi connectivity index (χ0n) is 12.8. The number of carbonyl (C=O) groups excluding carboxylic acids is 1. The first-order chi connectivity index (χ1) is 11.2. The van der Waals surface area contributed by atoms with E-state index >= 15 is 0 Å². The van der Waals surface area contributed by atoms with Gasteiger partial charge in [-0.2, -0.15) is 5.10 Å². The van der Waals surface area contributed by atoms with E-state index in [-0.39, 0.29) is 17.9 Å². The van der Waals surface area contributed by atoms with Crippen molar-refractivity contribution in [2.24, 2.45) is 0 Å². The summed E-state index contributed by atoms with van der Waals surface area (Å²) in [5, 5.41) is 4.68. The molecule has 0 aliphatic heterocycles. The fraction of sp³-hybridized carbons (Fsp3) is 0.167. The van der Waals surface area contributed by atoms with Crippen molar-refractivity contribution in [3.8, 4) is 0 Å². The van der Waals surface area contributed by atoms with E-state index in [4.69, 9.17) is 0 Å². The zero-order chi connectivity index (χ0) is 16.2. The molecular weight excluding hydrogens is 290 g/mol. The minimum Gasteiger partial charge on any atom is -0.311 e. The van der Waals surface area contributed by atoms with Crippen molar-refractivity contribution >= 4 is 22.5 Å². The highest BCUT2D eigenvalue weighted by atomic mass is 16.2. The Morgan fingerprint density at radius 3 is 2.52 bits per heavy atom. The fourth-order valence-electron chi connectivity index (χ4n) is 2.61. The lowest BCUT2D eigenvalue weighted by molar-refractivity contribution is -0.119. The molecule has 0 aliphatic rings. The van der Waals surface area contributed by atoms with Crippen molar-refractivity contribution in [1.82, 2.24) is 9.78 Å². The number of aromatic nitrogens is 2. The topological polar surface area (TPSA) is 55.2 Å². The zero-order valence-corrected chi connectivity index (χ0v) is 12.8. The van der Waals surface area contributed by atoms with Gasteiger partial charge in [-0.15, -0.1) is 0 Å². The van der Waals surface area contributed by atoms with E-state index in [1.54, 1.807) is 27.8 Å². The molecule has 0 saturated heterocycles. The van der Waals surface area contributed by atoms with Crippen molar-refractivity contribution in [3.63, 3.8) is 0 Å². The van der Waals surface area contributed by atoms with Gasteiger partial charge < -0.3 is 4.90 Å². The molecule has 0 bridgehead atoms. The molecule has 3 aromatic rings. The van der Waals surface area contributed by atoms with Crippen molar-refractivity contribution in [3.05, 3.63) is 71.0 Å². The maximum atomic E-state index is 12.7. The molecule has 0 aliphatic carbocycles. The summed E-state index contributed by atoms with van der Waals surface area (Å²) >= 11 is 0. The monoisotopic (exact) mass is 307 g/mol. The Morgan fingerprint density at radius 2 is 1.78 bits per heavy atom. The van der Waals surface area contributed by atoms with Crippen LogP contribution in [-0.4, -0.2) is 22.2 Å². The number of benzene rings is 2. The van der Waals surface area contributed by atoms with Gasteiger partial charge in [0.1, 0.15) is 6.54 Å². The van der Waals surface area contributed by atoms with Gasteiger partial charge in [0.2, 0.25) is 11.3 Å². The number of carbonyl (C=O) groups is 1. The number of fused-ring (bicyclic) bond motifs is 1. The summed E-state index contributed by atoms with van der Waals surface area (Å²) in [6.45, 7) is 2.59. The highest BCUT2D eigenvalue weighted by Gasteiger charge is 2.15. The minimum atomic E-state index is -0.139. The third kappa shape index (κ3) is 2.99. The average molecular weight is 307 g/mol. The number of anilines is 1. The van der Waals surface area contributed by atoms with E-state index < -0.39 is 0 Å². The van der Waals surface area contributed by atoms with Crippen LogP contribution in [0, 0.1) is 0 Å². The standard InChI is InChI=1S/C18H17N3O2/c1-2-20(14-8-4-3-5-9-14)18(23)13-21-16-11-7-6-10-15(16)17(22)12-19-21/h3-12H,2,13H2,1H3. The van der Waals surface area contributed by atoms with Crippen LogP contribution in [0.5, 0.6) is 0 Å². The molecule has 1 amide bonds. The minimum absolute atomic E-state index is 0.0694. The summed E-state index contributed by atoms with van der Waals surface area (Å²) in [6.07, 6.45) is 1.26. The van der Waals surface area contributed by atoms with Crippen LogP contribution in [0.4, 0.5) is 5.69 Å². The predicted octanol–water partition coefficient (Wildman–Crippen LogP) is 2.45. The lowest BCUT2D eigenvalue weighted by Gasteiger charge is -2.21. The molecule has 2 aromatic carbocycles. The second-order valence-electron chi connectivity index (χ2n) is 5.16. The molecule has 1 heterocycles. The Bertz CT molecular complexity index is 887. The molecule has 0 radical (unpaired) electrons. The molecule has 0 N–H and O–H groups in total. The molecule has 23 heavy (non-hydrogen) atoms. The number of para-hydroxylation sites is 2.